The lowest BCUT2D eigenvalue weighted by Crippen LogP contribution is -2.43. The normalized spacial score (nSPS) is 11.1. The Labute approximate surface area is 188 Å². The highest BCUT2D eigenvalue weighted by Gasteiger charge is 2.06. The number of carbonyl (C=O) groups excluding carboxylic acids is 1. The zero-order chi connectivity index (χ0) is 19.4. The minimum absolute atomic E-state index is 0. The fraction of sp³-hybridized carbons (Fsp3) is 0.579. The Morgan fingerprint density at radius 3 is 2.48 bits per heavy atom. The van der Waals surface area contributed by atoms with Crippen LogP contribution in [0.25, 0.3) is 0 Å². The van der Waals surface area contributed by atoms with Crippen LogP contribution in [0.15, 0.2) is 33.7 Å². The van der Waals surface area contributed by atoms with Crippen molar-refractivity contribution in [3.05, 3.63) is 34.3 Å². The summed E-state index contributed by atoms with van der Waals surface area (Å²) in [4.78, 5) is 17.9. The van der Waals surface area contributed by atoms with Crippen LogP contribution in [0.2, 0.25) is 0 Å². The van der Waals surface area contributed by atoms with Crippen LogP contribution in [0.5, 0.6) is 0 Å². The highest BCUT2D eigenvalue weighted by Crippen LogP contribution is 2.11. The fourth-order valence-corrected chi connectivity index (χ4v) is 2.22. The second-order valence-electron chi connectivity index (χ2n) is 6.68. The average Bonchev–Trinajstić information content (AvgIpc) is 2.60. The lowest BCUT2D eigenvalue weighted by Gasteiger charge is -2.15. The van der Waals surface area contributed by atoms with E-state index in [1.54, 1.807) is 19.0 Å². The standard InChI is InChI=1S/C19H31BrN4O2.HI/c1-15(2)14-26-11-5-10-21-19(23-13-18(25)24(3)4)22-12-16-6-8-17(20)9-7-16;/h6-9,15H,5,10-14H2,1-4H3,(H2,21,22,23);1H. The molecule has 154 valence electrons. The first kappa shape index (κ1) is 26.1. The SMILES string of the molecule is CC(C)COCCCNC(=NCc1ccc(Br)cc1)NCC(=O)N(C)C.I. The van der Waals surface area contributed by atoms with E-state index in [0.29, 0.717) is 25.0 Å². The Balaban J connectivity index is 0.00000676. The molecular formula is C19H32BrIN4O2. The average molecular weight is 555 g/mol. The van der Waals surface area contributed by atoms with Crippen LogP contribution in [0.1, 0.15) is 25.8 Å². The maximum absolute atomic E-state index is 11.8. The molecule has 1 amide bonds. The molecule has 0 saturated carbocycles. The number of halogens is 2. The van der Waals surface area contributed by atoms with Crippen LogP contribution in [0, 0.1) is 5.92 Å². The van der Waals surface area contributed by atoms with Crippen molar-refractivity contribution < 1.29 is 9.53 Å². The smallest absolute Gasteiger partial charge is 0.241 e. The van der Waals surface area contributed by atoms with E-state index in [2.05, 4.69) is 45.4 Å². The van der Waals surface area contributed by atoms with Gasteiger partial charge in [0, 0.05) is 38.3 Å². The number of nitrogens with one attached hydrogen (secondary N) is 2. The number of ether oxygens (including phenoxy) is 1. The van der Waals surface area contributed by atoms with Crippen molar-refractivity contribution in [2.45, 2.75) is 26.8 Å². The molecule has 1 rings (SSSR count). The van der Waals surface area contributed by atoms with Gasteiger partial charge in [-0.3, -0.25) is 4.79 Å². The van der Waals surface area contributed by atoms with Gasteiger partial charge in [-0.1, -0.05) is 41.9 Å². The molecule has 0 aliphatic carbocycles. The van der Waals surface area contributed by atoms with E-state index in [9.17, 15) is 4.79 Å². The maximum Gasteiger partial charge on any atom is 0.241 e. The van der Waals surface area contributed by atoms with Crippen molar-refractivity contribution in [1.29, 1.82) is 0 Å². The molecular weight excluding hydrogens is 523 g/mol. The number of likely N-dealkylation sites (N-methyl/N-ethyl adjacent to an activating group) is 1. The van der Waals surface area contributed by atoms with Gasteiger partial charge in [0.15, 0.2) is 5.96 Å². The molecule has 0 heterocycles. The number of guanidine groups is 1. The van der Waals surface area contributed by atoms with Crippen LogP contribution in [-0.4, -0.2) is 57.2 Å². The molecule has 0 bridgehead atoms. The number of hydrogen-bond donors (Lipinski definition) is 2. The quantitative estimate of drug-likeness (QED) is 0.202. The fourth-order valence-electron chi connectivity index (χ4n) is 1.95. The van der Waals surface area contributed by atoms with E-state index in [0.717, 1.165) is 29.6 Å². The Hall–Kier alpha value is -0.870. The van der Waals surface area contributed by atoms with Gasteiger partial charge in [-0.2, -0.15) is 0 Å². The molecule has 0 spiro atoms. The van der Waals surface area contributed by atoms with Gasteiger partial charge in [0.1, 0.15) is 0 Å². The molecule has 27 heavy (non-hydrogen) atoms. The van der Waals surface area contributed by atoms with Crippen LogP contribution in [0.3, 0.4) is 0 Å². The van der Waals surface area contributed by atoms with Gasteiger partial charge in [0.05, 0.1) is 13.1 Å². The number of aliphatic imine (C=N–C) groups is 1. The van der Waals surface area contributed by atoms with E-state index >= 15 is 0 Å². The van der Waals surface area contributed by atoms with Gasteiger partial charge >= 0.3 is 0 Å². The van der Waals surface area contributed by atoms with Crippen LogP contribution < -0.4 is 10.6 Å². The second kappa shape index (κ2) is 15.1. The summed E-state index contributed by atoms with van der Waals surface area (Å²) in [6, 6.07) is 8.03. The molecule has 0 saturated heterocycles. The Kier molecular flexibility index (Phi) is 14.6. The molecule has 0 aliphatic rings. The number of amides is 1. The lowest BCUT2D eigenvalue weighted by molar-refractivity contribution is -0.127. The van der Waals surface area contributed by atoms with Gasteiger partial charge in [-0.15, -0.1) is 24.0 Å². The molecule has 1 aromatic carbocycles. The first-order valence-electron chi connectivity index (χ1n) is 8.93. The summed E-state index contributed by atoms with van der Waals surface area (Å²) >= 11 is 3.43. The molecule has 2 N–H and O–H groups in total. The molecule has 0 aliphatic heterocycles. The number of carbonyl (C=O) groups is 1. The van der Waals surface area contributed by atoms with Gasteiger partial charge < -0.3 is 20.3 Å². The summed E-state index contributed by atoms with van der Waals surface area (Å²) in [5.74, 6) is 1.18. The predicted octanol–water partition coefficient (Wildman–Crippen LogP) is 3.25. The number of rotatable bonds is 10. The van der Waals surface area contributed by atoms with E-state index in [-0.39, 0.29) is 36.4 Å². The molecule has 0 atom stereocenters. The Morgan fingerprint density at radius 2 is 1.89 bits per heavy atom. The van der Waals surface area contributed by atoms with Gasteiger partial charge in [-0.05, 0) is 30.0 Å². The monoisotopic (exact) mass is 554 g/mol. The Bertz CT molecular complexity index is 565. The maximum atomic E-state index is 11.8. The van der Waals surface area contributed by atoms with Gasteiger partial charge in [0.25, 0.3) is 0 Å². The summed E-state index contributed by atoms with van der Waals surface area (Å²) in [5.41, 5.74) is 1.11. The minimum atomic E-state index is 0. The van der Waals surface area contributed by atoms with Crippen molar-refractivity contribution in [2.75, 3.05) is 40.4 Å². The van der Waals surface area contributed by atoms with Gasteiger partial charge in [0.2, 0.25) is 5.91 Å². The van der Waals surface area contributed by atoms with Crippen molar-refractivity contribution in [3.8, 4) is 0 Å². The first-order chi connectivity index (χ1) is 12.4. The van der Waals surface area contributed by atoms with Crippen LogP contribution >= 0.6 is 39.9 Å². The summed E-state index contributed by atoms with van der Waals surface area (Å²) in [7, 11) is 3.48. The summed E-state index contributed by atoms with van der Waals surface area (Å²) in [5, 5.41) is 6.35. The third-order valence-corrected chi connectivity index (χ3v) is 3.98. The molecule has 0 radical (unpaired) electrons. The van der Waals surface area contributed by atoms with Crippen molar-refractivity contribution >= 4 is 51.8 Å². The van der Waals surface area contributed by atoms with Crippen LogP contribution in [-0.2, 0) is 16.1 Å². The third-order valence-electron chi connectivity index (χ3n) is 3.45. The van der Waals surface area contributed by atoms with Gasteiger partial charge in [-0.25, -0.2) is 4.99 Å². The number of nitrogens with zero attached hydrogens (tertiary/aromatic N) is 2. The molecule has 1 aromatic rings. The molecule has 0 fully saturated rings. The highest BCUT2D eigenvalue weighted by atomic mass is 127. The second-order valence-corrected chi connectivity index (χ2v) is 7.60. The highest BCUT2D eigenvalue weighted by molar-refractivity contribution is 14.0. The summed E-state index contributed by atoms with van der Waals surface area (Å²) in [6.07, 6.45) is 0.882. The van der Waals surface area contributed by atoms with Crippen molar-refractivity contribution in [3.63, 3.8) is 0 Å². The van der Waals surface area contributed by atoms with E-state index < -0.39 is 0 Å². The van der Waals surface area contributed by atoms with Crippen molar-refractivity contribution in [2.24, 2.45) is 10.9 Å². The van der Waals surface area contributed by atoms with Crippen molar-refractivity contribution in [1.82, 2.24) is 15.5 Å². The number of hydrogen-bond acceptors (Lipinski definition) is 3. The van der Waals surface area contributed by atoms with E-state index in [1.165, 1.54) is 0 Å². The molecule has 0 unspecified atom stereocenters. The third kappa shape index (κ3) is 13.0. The van der Waals surface area contributed by atoms with E-state index in [4.69, 9.17) is 4.74 Å². The zero-order valence-electron chi connectivity index (χ0n) is 16.6. The van der Waals surface area contributed by atoms with E-state index in [1.807, 2.05) is 24.3 Å². The van der Waals surface area contributed by atoms with Crippen LogP contribution in [0.4, 0.5) is 0 Å². The molecule has 0 aromatic heterocycles. The Morgan fingerprint density at radius 1 is 1.22 bits per heavy atom. The number of benzene rings is 1. The minimum Gasteiger partial charge on any atom is -0.381 e. The lowest BCUT2D eigenvalue weighted by atomic mass is 10.2. The molecule has 6 nitrogen and oxygen atoms in total. The molecule has 8 heteroatoms. The topological polar surface area (TPSA) is 66.0 Å². The predicted molar refractivity (Wildman–Crippen MR) is 126 cm³/mol. The largest absolute Gasteiger partial charge is 0.381 e. The zero-order valence-corrected chi connectivity index (χ0v) is 20.5. The summed E-state index contributed by atoms with van der Waals surface area (Å²) in [6.45, 7) is 7.25. The first-order valence-corrected chi connectivity index (χ1v) is 9.72. The summed E-state index contributed by atoms with van der Waals surface area (Å²) < 4.78 is 6.62.